The van der Waals surface area contributed by atoms with Gasteiger partial charge in [0.2, 0.25) is 0 Å². The third-order valence-corrected chi connectivity index (χ3v) is 3.33. The fourth-order valence-corrected chi connectivity index (χ4v) is 2.29. The molecule has 1 aromatic heterocycles. The lowest BCUT2D eigenvalue weighted by Gasteiger charge is -2.09. The van der Waals surface area contributed by atoms with Gasteiger partial charge in [0.05, 0.1) is 0 Å². The topological polar surface area (TPSA) is 60.8 Å². The van der Waals surface area contributed by atoms with Gasteiger partial charge < -0.3 is 15.0 Å². The van der Waals surface area contributed by atoms with E-state index in [1.807, 2.05) is 36.5 Å². The molecular formula is C17H15N3O. The van der Waals surface area contributed by atoms with E-state index in [2.05, 4.69) is 34.6 Å². The molecule has 0 fully saturated rings. The number of rotatable bonds is 5. The smallest absolute Gasteiger partial charge is 0.174 e. The molecule has 3 rings (SSSR count). The van der Waals surface area contributed by atoms with Crippen molar-refractivity contribution in [2.75, 3.05) is 11.9 Å². The Balaban J connectivity index is 1.67. The van der Waals surface area contributed by atoms with E-state index < -0.39 is 0 Å². The molecule has 0 saturated carbocycles. The van der Waals surface area contributed by atoms with Crippen LogP contribution in [0.1, 0.15) is 5.56 Å². The summed E-state index contributed by atoms with van der Waals surface area (Å²) in [5, 5.41) is 13.1. The third-order valence-electron chi connectivity index (χ3n) is 3.33. The Kier molecular flexibility index (Phi) is 3.74. The van der Waals surface area contributed by atoms with Gasteiger partial charge in [-0.15, -0.1) is 0 Å². The van der Waals surface area contributed by atoms with Crippen molar-refractivity contribution in [3.05, 3.63) is 60.3 Å². The van der Waals surface area contributed by atoms with Crippen LogP contribution in [0.15, 0.2) is 54.7 Å². The van der Waals surface area contributed by atoms with Crippen molar-refractivity contribution in [3.8, 4) is 11.8 Å². The van der Waals surface area contributed by atoms with Crippen LogP contribution in [-0.4, -0.2) is 11.6 Å². The predicted octanol–water partition coefficient (Wildman–Crippen LogP) is 3.68. The normalized spacial score (nSPS) is 10.2. The zero-order valence-electron chi connectivity index (χ0n) is 11.5. The van der Waals surface area contributed by atoms with Gasteiger partial charge in [-0.3, -0.25) is 0 Å². The Bertz CT molecular complexity index is 769. The molecule has 1 heterocycles. The van der Waals surface area contributed by atoms with E-state index in [9.17, 15) is 0 Å². The molecule has 4 heteroatoms. The molecule has 0 bridgehead atoms. The van der Waals surface area contributed by atoms with E-state index in [0.717, 1.165) is 17.7 Å². The zero-order chi connectivity index (χ0) is 14.5. The van der Waals surface area contributed by atoms with Crippen LogP contribution >= 0.6 is 0 Å². The summed E-state index contributed by atoms with van der Waals surface area (Å²) in [6, 6.07) is 17.9. The minimum Gasteiger partial charge on any atom is -0.479 e. The van der Waals surface area contributed by atoms with Gasteiger partial charge in [0.15, 0.2) is 6.61 Å². The SMILES string of the molecule is N#CCOc1ccc(NCc2cccc3[nH]ccc23)cc1. The van der Waals surface area contributed by atoms with Crippen LogP contribution in [0.3, 0.4) is 0 Å². The number of nitrogens with one attached hydrogen (secondary N) is 2. The fourth-order valence-electron chi connectivity index (χ4n) is 2.29. The van der Waals surface area contributed by atoms with Gasteiger partial charge in [0, 0.05) is 29.3 Å². The molecule has 0 spiro atoms. The largest absolute Gasteiger partial charge is 0.479 e. The molecule has 2 N–H and O–H groups in total. The Morgan fingerprint density at radius 3 is 2.76 bits per heavy atom. The number of anilines is 1. The molecule has 104 valence electrons. The first-order chi connectivity index (χ1) is 10.4. The van der Waals surface area contributed by atoms with Crippen LogP contribution < -0.4 is 10.1 Å². The summed E-state index contributed by atoms with van der Waals surface area (Å²) >= 11 is 0. The molecule has 4 nitrogen and oxygen atoms in total. The lowest BCUT2D eigenvalue weighted by molar-refractivity contribution is 0.368. The summed E-state index contributed by atoms with van der Waals surface area (Å²) in [5.74, 6) is 0.704. The molecule has 0 aliphatic heterocycles. The number of aromatic nitrogens is 1. The molecule has 0 aliphatic carbocycles. The number of nitrogens with zero attached hydrogens (tertiary/aromatic N) is 1. The van der Waals surface area contributed by atoms with Crippen molar-refractivity contribution < 1.29 is 4.74 Å². The number of H-pyrrole nitrogens is 1. The summed E-state index contributed by atoms with van der Waals surface area (Å²) in [4.78, 5) is 3.21. The van der Waals surface area contributed by atoms with Crippen LogP contribution in [0.5, 0.6) is 5.75 Å². The Morgan fingerprint density at radius 1 is 1.10 bits per heavy atom. The van der Waals surface area contributed by atoms with Crippen molar-refractivity contribution in [2.45, 2.75) is 6.54 Å². The molecule has 0 unspecified atom stereocenters. The second-order valence-electron chi connectivity index (χ2n) is 4.68. The molecule has 0 aliphatic rings. The highest BCUT2D eigenvalue weighted by atomic mass is 16.5. The van der Waals surface area contributed by atoms with Gasteiger partial charge in [-0.2, -0.15) is 5.26 Å². The van der Waals surface area contributed by atoms with Crippen molar-refractivity contribution >= 4 is 16.6 Å². The molecule has 2 aromatic carbocycles. The van der Waals surface area contributed by atoms with Crippen LogP contribution in [-0.2, 0) is 6.54 Å². The standard InChI is InChI=1S/C17H15N3O/c18-9-11-21-15-6-4-14(5-7-15)20-12-13-2-1-3-17-16(13)8-10-19-17/h1-8,10,19-20H,11-12H2. The van der Waals surface area contributed by atoms with E-state index in [4.69, 9.17) is 10.00 Å². The summed E-state index contributed by atoms with van der Waals surface area (Å²) < 4.78 is 5.23. The molecular weight excluding hydrogens is 262 g/mol. The zero-order valence-corrected chi connectivity index (χ0v) is 11.5. The molecule has 21 heavy (non-hydrogen) atoms. The highest BCUT2D eigenvalue weighted by molar-refractivity contribution is 5.83. The summed E-state index contributed by atoms with van der Waals surface area (Å²) in [6.45, 7) is 0.829. The van der Waals surface area contributed by atoms with Crippen LogP contribution in [0.2, 0.25) is 0 Å². The van der Waals surface area contributed by atoms with E-state index in [1.165, 1.54) is 10.9 Å². The second kappa shape index (κ2) is 6.02. The van der Waals surface area contributed by atoms with Crippen molar-refractivity contribution in [1.82, 2.24) is 4.98 Å². The van der Waals surface area contributed by atoms with E-state index in [1.54, 1.807) is 0 Å². The first-order valence-corrected chi connectivity index (χ1v) is 6.75. The molecule has 0 saturated heterocycles. The summed E-state index contributed by atoms with van der Waals surface area (Å²) in [5.41, 5.74) is 3.42. The van der Waals surface area contributed by atoms with Crippen molar-refractivity contribution in [2.24, 2.45) is 0 Å². The number of aromatic amines is 1. The predicted molar refractivity (Wildman–Crippen MR) is 83.2 cm³/mol. The van der Waals surface area contributed by atoms with E-state index in [-0.39, 0.29) is 6.61 Å². The Labute approximate surface area is 123 Å². The lowest BCUT2D eigenvalue weighted by atomic mass is 10.1. The highest BCUT2D eigenvalue weighted by Gasteiger charge is 2.01. The van der Waals surface area contributed by atoms with Gasteiger partial charge in [0.1, 0.15) is 11.8 Å². The van der Waals surface area contributed by atoms with Crippen molar-refractivity contribution in [1.29, 1.82) is 5.26 Å². The van der Waals surface area contributed by atoms with Gasteiger partial charge in [-0.25, -0.2) is 0 Å². The first kappa shape index (κ1) is 13.1. The minimum absolute atomic E-state index is 0.0717. The maximum Gasteiger partial charge on any atom is 0.174 e. The Morgan fingerprint density at radius 2 is 1.95 bits per heavy atom. The van der Waals surface area contributed by atoms with Gasteiger partial charge in [-0.1, -0.05) is 12.1 Å². The maximum atomic E-state index is 8.47. The average molecular weight is 277 g/mol. The average Bonchev–Trinajstić information content (AvgIpc) is 3.01. The Hall–Kier alpha value is -2.93. The number of benzene rings is 2. The number of fused-ring (bicyclic) bond motifs is 1. The van der Waals surface area contributed by atoms with E-state index >= 15 is 0 Å². The van der Waals surface area contributed by atoms with Crippen LogP contribution in [0, 0.1) is 11.3 Å². The first-order valence-electron chi connectivity index (χ1n) is 6.75. The second-order valence-corrected chi connectivity index (χ2v) is 4.68. The van der Waals surface area contributed by atoms with E-state index in [0.29, 0.717) is 5.75 Å². The summed E-state index contributed by atoms with van der Waals surface area (Å²) in [6.07, 6.45) is 1.95. The monoisotopic (exact) mass is 277 g/mol. The molecule has 3 aromatic rings. The van der Waals surface area contributed by atoms with Gasteiger partial charge >= 0.3 is 0 Å². The quantitative estimate of drug-likeness (QED) is 0.747. The van der Waals surface area contributed by atoms with Gasteiger partial charge in [0.25, 0.3) is 0 Å². The molecule has 0 radical (unpaired) electrons. The number of ether oxygens (including phenoxy) is 1. The maximum absolute atomic E-state index is 8.47. The van der Waals surface area contributed by atoms with Crippen molar-refractivity contribution in [3.63, 3.8) is 0 Å². The molecule has 0 atom stereocenters. The number of hydrogen-bond donors (Lipinski definition) is 2. The fraction of sp³-hybridized carbons (Fsp3) is 0.118. The summed E-state index contributed by atoms with van der Waals surface area (Å²) in [7, 11) is 0. The number of nitriles is 1. The van der Waals surface area contributed by atoms with Crippen LogP contribution in [0.25, 0.3) is 10.9 Å². The third kappa shape index (κ3) is 2.98. The van der Waals surface area contributed by atoms with Crippen LogP contribution in [0.4, 0.5) is 5.69 Å². The highest BCUT2D eigenvalue weighted by Crippen LogP contribution is 2.20. The number of hydrogen-bond acceptors (Lipinski definition) is 3. The molecule has 0 amide bonds. The minimum atomic E-state index is 0.0717. The van der Waals surface area contributed by atoms with Gasteiger partial charge in [-0.05, 0) is 42.0 Å². The lowest BCUT2D eigenvalue weighted by Crippen LogP contribution is -2.00.